The lowest BCUT2D eigenvalue weighted by atomic mass is 9.85. The molecule has 1 aliphatic carbocycles. The molecule has 3 N–H and O–H groups in total. The van der Waals surface area contributed by atoms with Gasteiger partial charge in [0.1, 0.15) is 0 Å². The van der Waals surface area contributed by atoms with E-state index in [1.54, 1.807) is 0 Å². The molecular weight excluding hydrogens is 213 g/mol. The van der Waals surface area contributed by atoms with E-state index in [2.05, 4.69) is 5.32 Å². The number of amides is 2. The van der Waals surface area contributed by atoms with Crippen LogP contribution < -0.4 is 10.8 Å². The van der Waals surface area contributed by atoms with Gasteiger partial charge < -0.3 is 5.32 Å². The molecule has 0 aromatic carbocycles. The molecule has 0 aromatic heterocycles. The molecule has 0 saturated heterocycles. The van der Waals surface area contributed by atoms with Gasteiger partial charge in [-0.2, -0.15) is 13.2 Å². The highest BCUT2D eigenvalue weighted by Crippen LogP contribution is 2.37. The predicted octanol–water partition coefficient (Wildman–Crippen LogP) is 1.80. The second-order valence-corrected chi connectivity index (χ2v) is 3.69. The summed E-state index contributed by atoms with van der Waals surface area (Å²) in [6.45, 7) is 0. The van der Waals surface area contributed by atoms with Crippen molar-refractivity contribution in [3.63, 3.8) is 0 Å². The number of hydroxylamine groups is 1. The largest absolute Gasteiger partial charge is 0.391 e. The summed E-state index contributed by atoms with van der Waals surface area (Å²) in [6.07, 6.45) is -3.25. The Labute approximate surface area is 84.8 Å². The van der Waals surface area contributed by atoms with Gasteiger partial charge in [0.25, 0.3) is 0 Å². The van der Waals surface area contributed by atoms with Crippen LogP contribution in [-0.2, 0) is 0 Å². The number of hydrogen-bond donors (Lipinski definition) is 3. The number of halogens is 3. The van der Waals surface area contributed by atoms with E-state index in [4.69, 9.17) is 5.21 Å². The fourth-order valence-corrected chi connectivity index (χ4v) is 1.84. The summed E-state index contributed by atoms with van der Waals surface area (Å²) < 4.78 is 37.1. The van der Waals surface area contributed by atoms with Crippen LogP contribution in [-0.4, -0.2) is 23.5 Å². The normalized spacial score (nSPS) is 27.2. The van der Waals surface area contributed by atoms with Crippen LogP contribution in [0, 0.1) is 5.92 Å². The zero-order chi connectivity index (χ0) is 11.5. The molecule has 0 aliphatic heterocycles. The molecule has 0 bridgehead atoms. The van der Waals surface area contributed by atoms with Crippen molar-refractivity contribution in [2.45, 2.75) is 37.9 Å². The number of urea groups is 1. The van der Waals surface area contributed by atoms with Crippen LogP contribution >= 0.6 is 0 Å². The maximum atomic E-state index is 12.4. The lowest BCUT2D eigenvalue weighted by Gasteiger charge is -2.30. The molecule has 15 heavy (non-hydrogen) atoms. The van der Waals surface area contributed by atoms with Gasteiger partial charge in [-0.3, -0.25) is 5.21 Å². The summed E-state index contributed by atoms with van der Waals surface area (Å²) >= 11 is 0. The Morgan fingerprint density at radius 3 is 2.53 bits per heavy atom. The molecule has 0 radical (unpaired) electrons. The van der Waals surface area contributed by atoms with E-state index < -0.39 is 24.2 Å². The van der Waals surface area contributed by atoms with Crippen molar-refractivity contribution in [1.82, 2.24) is 10.8 Å². The van der Waals surface area contributed by atoms with Gasteiger partial charge in [0.05, 0.1) is 5.92 Å². The maximum Gasteiger partial charge on any atom is 0.391 e. The van der Waals surface area contributed by atoms with Crippen molar-refractivity contribution in [1.29, 1.82) is 0 Å². The molecule has 1 saturated carbocycles. The topological polar surface area (TPSA) is 61.4 Å². The van der Waals surface area contributed by atoms with Crippen molar-refractivity contribution in [3.8, 4) is 0 Å². The SMILES string of the molecule is O=C(NO)NC1CCCC(C(F)(F)F)C1. The minimum atomic E-state index is -4.20. The maximum absolute atomic E-state index is 12.4. The molecule has 0 heterocycles. The third-order valence-electron chi connectivity index (χ3n) is 2.57. The second kappa shape index (κ2) is 4.69. The summed E-state index contributed by atoms with van der Waals surface area (Å²) in [5.74, 6) is -1.35. The molecule has 1 fully saturated rings. The minimum absolute atomic E-state index is 0.114. The first-order valence-electron chi connectivity index (χ1n) is 4.71. The summed E-state index contributed by atoms with van der Waals surface area (Å²) in [4.78, 5) is 10.7. The van der Waals surface area contributed by atoms with Gasteiger partial charge in [0, 0.05) is 6.04 Å². The highest BCUT2D eigenvalue weighted by Gasteiger charge is 2.42. The Morgan fingerprint density at radius 2 is 2.00 bits per heavy atom. The van der Waals surface area contributed by atoms with Crippen molar-refractivity contribution in [2.75, 3.05) is 0 Å². The Kier molecular flexibility index (Phi) is 3.78. The first-order chi connectivity index (χ1) is 6.93. The molecule has 2 atom stereocenters. The van der Waals surface area contributed by atoms with E-state index in [1.807, 2.05) is 0 Å². The molecule has 0 aromatic rings. The number of rotatable bonds is 1. The summed E-state index contributed by atoms with van der Waals surface area (Å²) in [7, 11) is 0. The number of carbonyl (C=O) groups is 1. The molecule has 88 valence electrons. The molecule has 0 spiro atoms. The quantitative estimate of drug-likeness (QED) is 0.471. The van der Waals surface area contributed by atoms with Gasteiger partial charge in [-0.05, 0) is 19.3 Å². The standard InChI is InChI=1S/C8H13F3N2O2/c9-8(10,11)5-2-1-3-6(4-5)12-7(14)13-15/h5-6,15H,1-4H2,(H2,12,13,14). The Bertz CT molecular complexity index is 232. The van der Waals surface area contributed by atoms with Crippen LogP contribution in [0.3, 0.4) is 0 Å². The lowest BCUT2D eigenvalue weighted by molar-refractivity contribution is -0.183. The van der Waals surface area contributed by atoms with Gasteiger partial charge >= 0.3 is 12.2 Å². The van der Waals surface area contributed by atoms with E-state index in [-0.39, 0.29) is 12.8 Å². The summed E-state index contributed by atoms with van der Waals surface area (Å²) in [5, 5.41) is 10.5. The van der Waals surface area contributed by atoms with Crippen LogP contribution in [0.5, 0.6) is 0 Å². The number of hydrogen-bond acceptors (Lipinski definition) is 2. The molecule has 2 amide bonds. The van der Waals surface area contributed by atoms with E-state index >= 15 is 0 Å². The van der Waals surface area contributed by atoms with Gasteiger partial charge in [0.2, 0.25) is 0 Å². The number of nitrogens with one attached hydrogen (secondary N) is 2. The number of alkyl halides is 3. The molecular formula is C8H13F3N2O2. The molecule has 1 aliphatic rings. The lowest BCUT2D eigenvalue weighted by Crippen LogP contribution is -2.45. The van der Waals surface area contributed by atoms with Crippen LogP contribution in [0.1, 0.15) is 25.7 Å². The van der Waals surface area contributed by atoms with Crippen molar-refractivity contribution in [3.05, 3.63) is 0 Å². The molecule has 4 nitrogen and oxygen atoms in total. The summed E-state index contributed by atoms with van der Waals surface area (Å²) in [5.41, 5.74) is 1.33. The Morgan fingerprint density at radius 1 is 1.33 bits per heavy atom. The molecule has 1 rings (SSSR count). The monoisotopic (exact) mass is 226 g/mol. The fourth-order valence-electron chi connectivity index (χ4n) is 1.84. The highest BCUT2D eigenvalue weighted by molar-refractivity contribution is 5.72. The van der Waals surface area contributed by atoms with Crippen LogP contribution in [0.15, 0.2) is 0 Å². The van der Waals surface area contributed by atoms with Gasteiger partial charge in [-0.1, -0.05) is 6.42 Å². The smallest absolute Gasteiger partial charge is 0.334 e. The zero-order valence-corrected chi connectivity index (χ0v) is 7.97. The van der Waals surface area contributed by atoms with Crippen molar-refractivity contribution < 1.29 is 23.2 Å². The second-order valence-electron chi connectivity index (χ2n) is 3.69. The van der Waals surface area contributed by atoms with Gasteiger partial charge in [0.15, 0.2) is 0 Å². The molecule has 2 unspecified atom stereocenters. The van der Waals surface area contributed by atoms with Crippen LogP contribution in [0.25, 0.3) is 0 Å². The van der Waals surface area contributed by atoms with Crippen LogP contribution in [0.4, 0.5) is 18.0 Å². The number of carbonyl (C=O) groups excluding carboxylic acids is 1. The van der Waals surface area contributed by atoms with Gasteiger partial charge in [-0.15, -0.1) is 0 Å². The third kappa shape index (κ3) is 3.58. The highest BCUT2D eigenvalue weighted by atomic mass is 19.4. The van der Waals surface area contributed by atoms with E-state index in [1.165, 1.54) is 5.48 Å². The van der Waals surface area contributed by atoms with E-state index in [0.717, 1.165) is 0 Å². The first-order valence-corrected chi connectivity index (χ1v) is 4.71. The van der Waals surface area contributed by atoms with E-state index in [0.29, 0.717) is 12.8 Å². The average molecular weight is 226 g/mol. The minimum Gasteiger partial charge on any atom is -0.334 e. The van der Waals surface area contributed by atoms with Crippen molar-refractivity contribution >= 4 is 6.03 Å². The average Bonchev–Trinajstić information content (AvgIpc) is 2.17. The van der Waals surface area contributed by atoms with Gasteiger partial charge in [-0.25, -0.2) is 10.3 Å². The predicted molar refractivity (Wildman–Crippen MR) is 45.3 cm³/mol. The zero-order valence-electron chi connectivity index (χ0n) is 7.97. The van der Waals surface area contributed by atoms with Crippen molar-refractivity contribution in [2.24, 2.45) is 5.92 Å². The summed E-state index contributed by atoms with van der Waals surface area (Å²) in [6, 6.07) is -1.37. The first kappa shape index (κ1) is 12.1. The van der Waals surface area contributed by atoms with E-state index in [9.17, 15) is 18.0 Å². The molecule has 7 heteroatoms. The third-order valence-corrected chi connectivity index (χ3v) is 2.57. The fraction of sp³-hybridized carbons (Fsp3) is 0.875. The Balaban J connectivity index is 2.46. The van der Waals surface area contributed by atoms with Crippen LogP contribution in [0.2, 0.25) is 0 Å². The Hall–Kier alpha value is -0.980.